The van der Waals surface area contributed by atoms with Crippen molar-refractivity contribution in [3.63, 3.8) is 0 Å². The van der Waals surface area contributed by atoms with Crippen LogP contribution in [-0.4, -0.2) is 34.8 Å². The Hall–Kier alpha value is -2.30. The van der Waals surface area contributed by atoms with E-state index in [1.54, 1.807) is 6.08 Å². The Labute approximate surface area is 185 Å². The molecule has 5 nitrogen and oxygen atoms in total. The van der Waals surface area contributed by atoms with Crippen LogP contribution < -0.4 is 0 Å². The van der Waals surface area contributed by atoms with Crippen molar-refractivity contribution < 1.29 is 19.2 Å². The molecule has 2 amide bonds. The van der Waals surface area contributed by atoms with Gasteiger partial charge in [0, 0.05) is 31.2 Å². The van der Waals surface area contributed by atoms with Gasteiger partial charge in [0.05, 0.1) is 11.8 Å². The Morgan fingerprint density at radius 3 is 1.74 bits per heavy atom. The fourth-order valence-electron chi connectivity index (χ4n) is 6.25. The predicted molar refractivity (Wildman–Crippen MR) is 120 cm³/mol. The Balaban J connectivity index is 1.89. The third kappa shape index (κ3) is 3.88. The molecule has 1 heterocycles. The van der Waals surface area contributed by atoms with Crippen LogP contribution in [0.3, 0.4) is 0 Å². The molecule has 3 rings (SSSR count). The monoisotopic (exact) mass is 425 g/mol. The highest BCUT2D eigenvalue weighted by Gasteiger charge is 2.57. The molecule has 3 aliphatic rings. The summed E-state index contributed by atoms with van der Waals surface area (Å²) >= 11 is 0. The van der Waals surface area contributed by atoms with Crippen molar-refractivity contribution in [2.75, 3.05) is 6.54 Å². The van der Waals surface area contributed by atoms with Gasteiger partial charge in [-0.15, -0.1) is 13.2 Å². The molecule has 5 heteroatoms. The minimum absolute atomic E-state index is 0.00915. The van der Waals surface area contributed by atoms with Crippen molar-refractivity contribution in [2.45, 2.75) is 46.5 Å². The lowest BCUT2D eigenvalue weighted by Crippen LogP contribution is -2.33. The number of ketones is 2. The molecule has 0 bridgehead atoms. The lowest BCUT2D eigenvalue weighted by molar-refractivity contribution is -0.140. The van der Waals surface area contributed by atoms with Gasteiger partial charge in [0.1, 0.15) is 11.6 Å². The smallest absolute Gasteiger partial charge is 0.233 e. The summed E-state index contributed by atoms with van der Waals surface area (Å²) in [6.07, 6.45) is 9.96. The summed E-state index contributed by atoms with van der Waals surface area (Å²) in [6, 6.07) is 0. The molecule has 8 atom stereocenters. The maximum absolute atomic E-state index is 12.9. The number of hydrogen-bond acceptors (Lipinski definition) is 4. The van der Waals surface area contributed by atoms with E-state index in [-0.39, 0.29) is 70.7 Å². The van der Waals surface area contributed by atoms with Crippen molar-refractivity contribution in [3.8, 4) is 0 Å². The number of rotatable bonds is 9. The van der Waals surface area contributed by atoms with Crippen LogP contribution >= 0.6 is 0 Å². The van der Waals surface area contributed by atoms with Gasteiger partial charge in [-0.3, -0.25) is 24.1 Å². The fourth-order valence-corrected chi connectivity index (χ4v) is 6.25. The van der Waals surface area contributed by atoms with E-state index in [0.717, 1.165) is 0 Å². The molecule has 0 radical (unpaired) electrons. The summed E-state index contributed by atoms with van der Waals surface area (Å²) in [4.78, 5) is 52.6. The van der Waals surface area contributed by atoms with Gasteiger partial charge in [-0.05, 0) is 43.4 Å². The van der Waals surface area contributed by atoms with E-state index in [2.05, 4.69) is 19.2 Å². The first-order valence-corrected chi connectivity index (χ1v) is 11.7. The van der Waals surface area contributed by atoms with Gasteiger partial charge >= 0.3 is 0 Å². The summed E-state index contributed by atoms with van der Waals surface area (Å²) in [7, 11) is 0. The quantitative estimate of drug-likeness (QED) is 0.413. The number of fused-ring (bicyclic) bond motifs is 1. The van der Waals surface area contributed by atoms with Gasteiger partial charge in [0.25, 0.3) is 0 Å². The number of likely N-dealkylation sites (tertiary alicyclic amines) is 1. The molecule has 168 valence electrons. The molecule has 31 heavy (non-hydrogen) atoms. The first-order valence-electron chi connectivity index (χ1n) is 11.7. The highest BCUT2D eigenvalue weighted by molar-refractivity contribution is 6.06. The van der Waals surface area contributed by atoms with Crippen molar-refractivity contribution in [2.24, 2.45) is 47.3 Å². The highest BCUT2D eigenvalue weighted by atomic mass is 16.2. The number of Topliss-reactive ketones (excluding diaryl/α,β-unsaturated/α-hetero) is 2. The Kier molecular flexibility index (Phi) is 7.13. The molecule has 2 aliphatic carbocycles. The second kappa shape index (κ2) is 9.46. The third-order valence-electron chi connectivity index (χ3n) is 7.78. The van der Waals surface area contributed by atoms with Gasteiger partial charge in [-0.1, -0.05) is 38.2 Å². The zero-order valence-corrected chi connectivity index (χ0v) is 19.0. The second-order valence-electron chi connectivity index (χ2n) is 9.15. The first-order chi connectivity index (χ1) is 14.8. The van der Waals surface area contributed by atoms with Crippen molar-refractivity contribution >= 4 is 23.4 Å². The summed E-state index contributed by atoms with van der Waals surface area (Å²) in [6.45, 7) is 13.7. The van der Waals surface area contributed by atoms with Gasteiger partial charge in [-0.25, -0.2) is 0 Å². The van der Waals surface area contributed by atoms with Gasteiger partial charge in [-0.2, -0.15) is 0 Å². The Morgan fingerprint density at radius 2 is 1.26 bits per heavy atom. The molecule has 2 saturated carbocycles. The molecule has 0 aromatic heterocycles. The SMILES string of the molecule is C=CC1CC(/C=C\C2CC(C=C)C3C(=O)N(CC)C(=O)C23)C(C(=O)CC)C1C(=O)CC. The van der Waals surface area contributed by atoms with Crippen LogP contribution in [0.4, 0.5) is 0 Å². The second-order valence-corrected chi connectivity index (χ2v) is 9.15. The van der Waals surface area contributed by atoms with Crippen LogP contribution in [0.25, 0.3) is 0 Å². The fraction of sp³-hybridized carbons (Fsp3) is 0.615. The van der Waals surface area contributed by atoms with E-state index in [4.69, 9.17) is 0 Å². The molecule has 0 aromatic rings. The Bertz CT molecular complexity index is 812. The zero-order chi connectivity index (χ0) is 22.9. The van der Waals surface area contributed by atoms with Crippen LogP contribution in [-0.2, 0) is 19.2 Å². The van der Waals surface area contributed by atoms with Gasteiger partial charge < -0.3 is 0 Å². The molecule has 1 aliphatic heterocycles. The van der Waals surface area contributed by atoms with E-state index in [1.807, 2.05) is 32.9 Å². The van der Waals surface area contributed by atoms with Gasteiger partial charge in [0.2, 0.25) is 11.8 Å². The number of imide groups is 1. The average Bonchev–Trinajstić information content (AvgIpc) is 3.41. The topological polar surface area (TPSA) is 71.5 Å². The molecule has 0 aromatic carbocycles. The number of hydrogen-bond donors (Lipinski definition) is 0. The first kappa shape index (κ1) is 23.4. The van der Waals surface area contributed by atoms with E-state index < -0.39 is 0 Å². The number of allylic oxidation sites excluding steroid dienone is 4. The van der Waals surface area contributed by atoms with Crippen molar-refractivity contribution in [1.82, 2.24) is 4.90 Å². The summed E-state index contributed by atoms with van der Waals surface area (Å²) in [5.74, 6) is -1.39. The summed E-state index contributed by atoms with van der Waals surface area (Å²) in [5, 5.41) is 0. The molecule has 1 saturated heterocycles. The minimum atomic E-state index is -0.350. The van der Waals surface area contributed by atoms with Crippen LogP contribution in [0.15, 0.2) is 37.5 Å². The van der Waals surface area contributed by atoms with Gasteiger partial charge in [0.15, 0.2) is 0 Å². The Morgan fingerprint density at radius 1 is 0.806 bits per heavy atom. The van der Waals surface area contributed by atoms with E-state index >= 15 is 0 Å². The number of carbonyl (C=O) groups excluding carboxylic acids is 4. The number of carbonyl (C=O) groups is 4. The standard InChI is InChI=1S/C26H35NO4/c1-6-15-13-17(22(20(29)9-4)21(15)19(28)8-3)11-12-18-14-16(7-2)23-24(18)26(31)27(10-5)25(23)30/h6-7,11-12,15-18,21-24H,1-2,8-10,13-14H2,3-5H3/b12-11-. The lowest BCUT2D eigenvalue weighted by Gasteiger charge is -2.22. The zero-order valence-electron chi connectivity index (χ0n) is 19.0. The van der Waals surface area contributed by atoms with E-state index in [1.165, 1.54) is 4.90 Å². The van der Waals surface area contributed by atoms with Crippen LogP contribution in [0.2, 0.25) is 0 Å². The van der Waals surface area contributed by atoms with E-state index in [0.29, 0.717) is 32.2 Å². The largest absolute Gasteiger partial charge is 0.299 e. The highest BCUT2D eigenvalue weighted by Crippen LogP contribution is 2.50. The maximum Gasteiger partial charge on any atom is 0.233 e. The molecular weight excluding hydrogens is 390 g/mol. The summed E-state index contributed by atoms with van der Waals surface area (Å²) < 4.78 is 0. The molecule has 8 unspecified atom stereocenters. The molecule has 0 N–H and O–H groups in total. The molecular formula is C26H35NO4. The number of amides is 2. The maximum atomic E-state index is 12.9. The normalized spacial score (nSPS) is 37.5. The third-order valence-corrected chi connectivity index (χ3v) is 7.78. The van der Waals surface area contributed by atoms with E-state index in [9.17, 15) is 19.2 Å². The average molecular weight is 426 g/mol. The lowest BCUT2D eigenvalue weighted by atomic mass is 9.79. The van der Waals surface area contributed by atoms with Crippen LogP contribution in [0, 0.1) is 47.3 Å². The van der Waals surface area contributed by atoms with Crippen molar-refractivity contribution in [1.29, 1.82) is 0 Å². The predicted octanol–water partition coefficient (Wildman–Crippen LogP) is 4.00. The molecule has 0 spiro atoms. The number of nitrogens with zero attached hydrogens (tertiary/aromatic N) is 1. The molecule has 3 fully saturated rings. The van der Waals surface area contributed by atoms with Crippen LogP contribution in [0.1, 0.15) is 46.5 Å². The summed E-state index contributed by atoms with van der Waals surface area (Å²) in [5.41, 5.74) is 0. The van der Waals surface area contributed by atoms with Crippen LogP contribution in [0.5, 0.6) is 0 Å². The minimum Gasteiger partial charge on any atom is -0.299 e. The van der Waals surface area contributed by atoms with Crippen molar-refractivity contribution in [3.05, 3.63) is 37.5 Å².